The number of anilines is 1. The fourth-order valence-electron chi connectivity index (χ4n) is 4.36. The highest BCUT2D eigenvalue weighted by Gasteiger charge is 2.65. The van der Waals surface area contributed by atoms with Crippen LogP contribution in [0.3, 0.4) is 0 Å². The molecule has 0 radical (unpaired) electrons. The number of carbonyl (C=O) groups is 3. The van der Waals surface area contributed by atoms with E-state index in [9.17, 15) is 14.4 Å². The predicted octanol–water partition coefficient (Wildman–Crippen LogP) is 3.61. The Kier molecular flexibility index (Phi) is 4.45. The summed E-state index contributed by atoms with van der Waals surface area (Å²) in [6.07, 6.45) is 1.27. The lowest BCUT2D eigenvalue weighted by Crippen LogP contribution is -2.57. The van der Waals surface area contributed by atoms with Crippen LogP contribution in [0.5, 0.6) is 0 Å². The van der Waals surface area contributed by atoms with E-state index in [1.807, 2.05) is 0 Å². The van der Waals surface area contributed by atoms with E-state index < -0.39 is 28.8 Å². The van der Waals surface area contributed by atoms with Gasteiger partial charge in [-0.1, -0.05) is 15.9 Å². The van der Waals surface area contributed by atoms with Gasteiger partial charge in [-0.3, -0.25) is 19.8 Å². The number of fused-ring (bicyclic) bond motifs is 3. The predicted molar refractivity (Wildman–Crippen MR) is 108 cm³/mol. The Morgan fingerprint density at radius 2 is 2.03 bits per heavy atom. The quantitative estimate of drug-likeness (QED) is 0.622. The van der Waals surface area contributed by atoms with Crippen molar-refractivity contribution in [1.82, 2.24) is 0 Å². The molecule has 29 heavy (non-hydrogen) atoms. The molecule has 0 fully saturated rings. The van der Waals surface area contributed by atoms with Crippen LogP contribution >= 0.6 is 15.9 Å². The monoisotopic (exact) mass is 460 g/mol. The van der Waals surface area contributed by atoms with E-state index in [0.29, 0.717) is 34.3 Å². The Morgan fingerprint density at radius 1 is 1.31 bits per heavy atom. The number of ether oxygens (including phenoxy) is 2. The van der Waals surface area contributed by atoms with E-state index in [2.05, 4.69) is 21.2 Å². The lowest BCUT2D eigenvalue weighted by atomic mass is 9.61. The van der Waals surface area contributed by atoms with Gasteiger partial charge in [0, 0.05) is 23.0 Å². The molecule has 1 amide bonds. The van der Waals surface area contributed by atoms with Gasteiger partial charge in [-0.25, -0.2) is 0 Å². The van der Waals surface area contributed by atoms with E-state index in [-0.39, 0.29) is 23.7 Å². The molecule has 0 bridgehead atoms. The van der Waals surface area contributed by atoms with E-state index in [4.69, 9.17) is 14.9 Å². The third-order valence-corrected chi connectivity index (χ3v) is 5.84. The van der Waals surface area contributed by atoms with Crippen molar-refractivity contribution in [2.24, 2.45) is 5.92 Å². The van der Waals surface area contributed by atoms with E-state index >= 15 is 0 Å². The third kappa shape index (κ3) is 2.92. The zero-order valence-corrected chi connectivity index (χ0v) is 17.9. The van der Waals surface area contributed by atoms with E-state index in [0.717, 1.165) is 0 Å². The van der Waals surface area contributed by atoms with Crippen LogP contribution in [0.25, 0.3) is 0 Å². The van der Waals surface area contributed by atoms with Crippen LogP contribution in [0.15, 0.2) is 34.0 Å². The molecule has 2 aliphatic heterocycles. The minimum Gasteiger partial charge on any atom is -0.459 e. The number of halogens is 1. The Bertz CT molecular complexity index is 1010. The topological polar surface area (TPSA) is 106 Å². The summed E-state index contributed by atoms with van der Waals surface area (Å²) in [7, 11) is 0. The van der Waals surface area contributed by atoms with Gasteiger partial charge in [0.15, 0.2) is 11.7 Å². The highest BCUT2D eigenvalue weighted by Crippen LogP contribution is 2.55. The minimum atomic E-state index is -1.68. The third-order valence-electron chi connectivity index (χ3n) is 5.34. The first-order valence-corrected chi connectivity index (χ1v) is 10.2. The van der Waals surface area contributed by atoms with Crippen LogP contribution in [-0.2, 0) is 29.3 Å². The molecular formula is C21H21BrN2O5. The van der Waals surface area contributed by atoms with Crippen molar-refractivity contribution < 1.29 is 23.9 Å². The average Bonchev–Trinajstić information content (AvgIpc) is 2.86. The van der Waals surface area contributed by atoms with Crippen molar-refractivity contribution in [3.8, 4) is 0 Å². The number of hydrogen-bond acceptors (Lipinski definition) is 6. The molecule has 2 atom stereocenters. The minimum absolute atomic E-state index is 0.171. The Hall–Kier alpha value is -2.48. The maximum absolute atomic E-state index is 13.5. The molecule has 0 saturated carbocycles. The second kappa shape index (κ2) is 6.52. The molecule has 1 spiro atoms. The summed E-state index contributed by atoms with van der Waals surface area (Å²) in [4.78, 5) is 39.7. The van der Waals surface area contributed by atoms with E-state index in [1.165, 1.54) is 0 Å². The van der Waals surface area contributed by atoms with Gasteiger partial charge in [-0.2, -0.15) is 0 Å². The summed E-state index contributed by atoms with van der Waals surface area (Å²) in [5, 5.41) is 11.3. The molecule has 1 aromatic carbocycles. The summed E-state index contributed by atoms with van der Waals surface area (Å²) in [5.41, 5.74) is -1.36. The number of amides is 1. The highest BCUT2D eigenvalue weighted by molar-refractivity contribution is 9.10. The number of carbonyl (C=O) groups excluding carboxylic acids is 3. The molecule has 2 unspecified atom stereocenters. The van der Waals surface area contributed by atoms with Crippen LogP contribution < -0.4 is 5.32 Å². The fraction of sp³-hybridized carbons (Fsp3) is 0.429. The molecule has 0 aromatic heterocycles. The Balaban J connectivity index is 2.03. The van der Waals surface area contributed by atoms with Crippen LogP contribution in [0.4, 0.5) is 5.69 Å². The van der Waals surface area contributed by atoms with Gasteiger partial charge in [-0.05, 0) is 51.0 Å². The standard InChI is InChI=1S/C21H21BrN2O5/c1-20(2,3)29-18(26)16-17(23)28-14-6-4-5-13(25)15(14)21(16)11-9-10(22)7-8-12(11)24-19(21)27/h7-9,16,23H,4-6H2,1-3H3,(H,24,27). The first-order chi connectivity index (χ1) is 13.6. The second-order valence-electron chi connectivity index (χ2n) is 8.46. The number of esters is 1. The van der Waals surface area contributed by atoms with E-state index in [1.54, 1.807) is 39.0 Å². The lowest BCUT2D eigenvalue weighted by molar-refractivity contribution is -0.161. The average molecular weight is 461 g/mol. The summed E-state index contributed by atoms with van der Waals surface area (Å²) >= 11 is 3.42. The summed E-state index contributed by atoms with van der Waals surface area (Å²) < 4.78 is 11.9. The summed E-state index contributed by atoms with van der Waals surface area (Å²) in [5.74, 6) is -2.99. The van der Waals surface area contributed by atoms with Gasteiger partial charge >= 0.3 is 5.97 Å². The molecule has 0 saturated heterocycles. The Labute approximate surface area is 176 Å². The molecule has 2 N–H and O–H groups in total. The second-order valence-corrected chi connectivity index (χ2v) is 9.38. The Morgan fingerprint density at radius 3 is 2.72 bits per heavy atom. The number of ketones is 1. The lowest BCUT2D eigenvalue weighted by Gasteiger charge is -2.42. The van der Waals surface area contributed by atoms with Crippen molar-refractivity contribution in [3.63, 3.8) is 0 Å². The number of allylic oxidation sites excluding steroid dienone is 1. The molecule has 1 aliphatic carbocycles. The van der Waals surface area contributed by atoms with Crippen molar-refractivity contribution in [2.75, 3.05) is 5.32 Å². The maximum atomic E-state index is 13.5. The smallest absolute Gasteiger partial charge is 0.320 e. The van der Waals surface area contributed by atoms with Crippen LogP contribution in [0.1, 0.15) is 45.6 Å². The molecule has 8 heteroatoms. The van der Waals surface area contributed by atoms with Crippen LogP contribution in [-0.4, -0.2) is 29.2 Å². The first kappa shape index (κ1) is 19.8. The largest absolute Gasteiger partial charge is 0.459 e. The van der Waals surface area contributed by atoms with Gasteiger partial charge in [-0.15, -0.1) is 0 Å². The zero-order chi connectivity index (χ0) is 21.1. The molecule has 7 nitrogen and oxygen atoms in total. The zero-order valence-electron chi connectivity index (χ0n) is 16.3. The molecule has 2 heterocycles. The van der Waals surface area contributed by atoms with Crippen LogP contribution in [0, 0.1) is 11.3 Å². The van der Waals surface area contributed by atoms with Crippen molar-refractivity contribution in [1.29, 1.82) is 5.41 Å². The van der Waals surface area contributed by atoms with Gasteiger partial charge in [0.1, 0.15) is 16.8 Å². The SMILES string of the molecule is CC(C)(C)OC(=O)C1C(=N)OC2=C(C(=O)CCC2)C12C(=O)Nc1ccc(Br)cc12. The number of nitrogens with one attached hydrogen (secondary N) is 2. The normalized spacial score (nSPS) is 26.1. The van der Waals surface area contributed by atoms with Crippen LogP contribution in [0.2, 0.25) is 0 Å². The first-order valence-electron chi connectivity index (χ1n) is 9.43. The molecule has 4 rings (SSSR count). The highest BCUT2D eigenvalue weighted by atomic mass is 79.9. The summed E-state index contributed by atoms with van der Waals surface area (Å²) in [6, 6.07) is 5.20. The fourth-order valence-corrected chi connectivity index (χ4v) is 4.72. The summed E-state index contributed by atoms with van der Waals surface area (Å²) in [6.45, 7) is 5.13. The molecule has 1 aromatic rings. The van der Waals surface area contributed by atoms with Crippen molar-refractivity contribution in [2.45, 2.75) is 51.0 Å². The van der Waals surface area contributed by atoms with Crippen molar-refractivity contribution >= 4 is 45.2 Å². The number of Topliss-reactive ketones (excluding diaryl/α,β-unsaturated/α-hetero) is 1. The van der Waals surface area contributed by atoms with Gasteiger partial charge in [0.25, 0.3) is 0 Å². The molecule has 3 aliphatic rings. The molecular weight excluding hydrogens is 440 g/mol. The van der Waals surface area contributed by atoms with Gasteiger partial charge < -0.3 is 14.8 Å². The molecule has 152 valence electrons. The van der Waals surface area contributed by atoms with Gasteiger partial charge in [0.05, 0.1) is 5.57 Å². The number of hydrogen-bond donors (Lipinski definition) is 2. The number of rotatable bonds is 1. The van der Waals surface area contributed by atoms with Crippen molar-refractivity contribution in [3.05, 3.63) is 39.6 Å². The van der Waals surface area contributed by atoms with Gasteiger partial charge in [0.2, 0.25) is 11.8 Å². The maximum Gasteiger partial charge on any atom is 0.320 e. The number of benzene rings is 1.